The minimum absolute atomic E-state index is 0.396. The van der Waals surface area contributed by atoms with Gasteiger partial charge in [-0.1, -0.05) is 6.07 Å². The summed E-state index contributed by atoms with van der Waals surface area (Å²) in [6.45, 7) is 9.33. The summed E-state index contributed by atoms with van der Waals surface area (Å²) in [5, 5.41) is 4.27. The van der Waals surface area contributed by atoms with Crippen molar-refractivity contribution in [3.05, 3.63) is 46.8 Å². The quantitative estimate of drug-likeness (QED) is 0.833. The van der Waals surface area contributed by atoms with Crippen LogP contribution in [0.3, 0.4) is 0 Å². The van der Waals surface area contributed by atoms with Gasteiger partial charge in [-0.3, -0.25) is 9.58 Å². The van der Waals surface area contributed by atoms with Crippen LogP contribution in [-0.2, 0) is 23.6 Å². The van der Waals surface area contributed by atoms with E-state index in [9.17, 15) is 8.42 Å². The summed E-state index contributed by atoms with van der Waals surface area (Å²) in [6.07, 6.45) is 1.90. The molecule has 7 heteroatoms. The summed E-state index contributed by atoms with van der Waals surface area (Å²) in [5.41, 5.74) is 4.47. The average molecular weight is 362 g/mol. The van der Waals surface area contributed by atoms with Gasteiger partial charge in [0.2, 0.25) is 10.0 Å². The van der Waals surface area contributed by atoms with Crippen LogP contribution in [0.25, 0.3) is 0 Å². The van der Waals surface area contributed by atoms with Gasteiger partial charge < -0.3 is 0 Å². The van der Waals surface area contributed by atoms with E-state index in [0.717, 1.165) is 36.5 Å². The first-order chi connectivity index (χ1) is 11.8. The SMILES string of the molecule is Cc1ccc(S(=O)(=O)N2CCN(Cc3cnn(C)c3C)CC2)cc1C. The van der Waals surface area contributed by atoms with Gasteiger partial charge in [0.1, 0.15) is 0 Å². The van der Waals surface area contributed by atoms with Crippen LogP contribution in [0, 0.1) is 20.8 Å². The van der Waals surface area contributed by atoms with Crippen LogP contribution in [0.1, 0.15) is 22.4 Å². The number of hydrogen-bond donors (Lipinski definition) is 0. The second-order valence-corrected chi connectivity index (χ2v) is 8.74. The van der Waals surface area contributed by atoms with E-state index in [0.29, 0.717) is 18.0 Å². The average Bonchev–Trinajstić information content (AvgIpc) is 2.90. The van der Waals surface area contributed by atoms with Gasteiger partial charge >= 0.3 is 0 Å². The normalized spacial score (nSPS) is 17.1. The van der Waals surface area contributed by atoms with Crippen molar-refractivity contribution >= 4 is 10.0 Å². The van der Waals surface area contributed by atoms with Gasteiger partial charge in [-0.15, -0.1) is 0 Å². The molecule has 0 N–H and O–H groups in total. The number of aryl methyl sites for hydroxylation is 3. The summed E-state index contributed by atoms with van der Waals surface area (Å²) in [6, 6.07) is 5.36. The van der Waals surface area contributed by atoms with Gasteiger partial charge in [0.15, 0.2) is 0 Å². The molecule has 6 nitrogen and oxygen atoms in total. The van der Waals surface area contributed by atoms with Crippen LogP contribution >= 0.6 is 0 Å². The van der Waals surface area contributed by atoms with Crippen molar-refractivity contribution in [1.29, 1.82) is 0 Å². The molecule has 1 saturated heterocycles. The Hall–Kier alpha value is -1.70. The maximum atomic E-state index is 12.9. The van der Waals surface area contributed by atoms with Gasteiger partial charge in [0, 0.05) is 51.0 Å². The maximum Gasteiger partial charge on any atom is 0.243 e. The first-order valence-electron chi connectivity index (χ1n) is 8.56. The van der Waals surface area contributed by atoms with E-state index in [1.54, 1.807) is 16.4 Å². The van der Waals surface area contributed by atoms with E-state index >= 15 is 0 Å². The van der Waals surface area contributed by atoms with Crippen LogP contribution in [0.5, 0.6) is 0 Å². The number of benzene rings is 1. The Kier molecular flexibility index (Phi) is 4.99. The maximum absolute atomic E-state index is 12.9. The molecule has 0 amide bonds. The fourth-order valence-corrected chi connectivity index (χ4v) is 4.60. The summed E-state index contributed by atoms with van der Waals surface area (Å²) in [7, 11) is -1.47. The second kappa shape index (κ2) is 6.90. The van der Waals surface area contributed by atoms with E-state index in [4.69, 9.17) is 0 Å². The molecule has 0 bridgehead atoms. The van der Waals surface area contributed by atoms with E-state index < -0.39 is 10.0 Å². The standard InChI is InChI=1S/C18H26N4O2S/c1-14-5-6-18(11-15(14)2)25(23,24)22-9-7-21(8-10-22)13-17-12-19-20(4)16(17)3/h5-6,11-12H,7-10,13H2,1-4H3. The number of aromatic nitrogens is 2. The van der Waals surface area contributed by atoms with E-state index in [-0.39, 0.29) is 0 Å². The van der Waals surface area contributed by atoms with Crippen molar-refractivity contribution in [3.63, 3.8) is 0 Å². The highest BCUT2D eigenvalue weighted by molar-refractivity contribution is 7.89. The molecule has 1 fully saturated rings. The lowest BCUT2D eigenvalue weighted by molar-refractivity contribution is 0.181. The highest BCUT2D eigenvalue weighted by atomic mass is 32.2. The Morgan fingerprint density at radius 2 is 1.72 bits per heavy atom. The highest BCUT2D eigenvalue weighted by Crippen LogP contribution is 2.21. The minimum atomic E-state index is -3.41. The minimum Gasteiger partial charge on any atom is -0.296 e. The van der Waals surface area contributed by atoms with E-state index in [2.05, 4.69) is 16.9 Å². The molecule has 0 saturated carbocycles. The van der Waals surface area contributed by atoms with Crippen LogP contribution < -0.4 is 0 Å². The molecule has 2 aromatic rings. The zero-order valence-electron chi connectivity index (χ0n) is 15.4. The Balaban J connectivity index is 1.67. The summed E-state index contributed by atoms with van der Waals surface area (Å²) < 4.78 is 29.2. The molecule has 136 valence electrons. The molecule has 0 unspecified atom stereocenters. The third kappa shape index (κ3) is 3.63. The molecule has 0 atom stereocenters. The highest BCUT2D eigenvalue weighted by Gasteiger charge is 2.28. The molecule has 1 aromatic carbocycles. The van der Waals surface area contributed by atoms with Gasteiger partial charge in [0.05, 0.1) is 11.1 Å². The van der Waals surface area contributed by atoms with E-state index in [1.807, 2.05) is 37.8 Å². The molecule has 1 aliphatic heterocycles. The van der Waals surface area contributed by atoms with Crippen molar-refractivity contribution in [2.24, 2.45) is 7.05 Å². The molecule has 0 spiro atoms. The lowest BCUT2D eigenvalue weighted by atomic mass is 10.1. The Morgan fingerprint density at radius 1 is 1.04 bits per heavy atom. The topological polar surface area (TPSA) is 58.4 Å². The molecule has 1 aromatic heterocycles. The molecular weight excluding hydrogens is 336 g/mol. The summed E-state index contributed by atoms with van der Waals surface area (Å²) >= 11 is 0. The molecule has 0 radical (unpaired) electrons. The van der Waals surface area contributed by atoms with Gasteiger partial charge in [-0.2, -0.15) is 9.40 Å². The van der Waals surface area contributed by atoms with Crippen LogP contribution in [0.15, 0.2) is 29.3 Å². The zero-order chi connectivity index (χ0) is 18.2. The summed E-state index contributed by atoms with van der Waals surface area (Å²) in [5.74, 6) is 0. The Labute approximate surface area is 150 Å². The monoisotopic (exact) mass is 362 g/mol. The summed E-state index contributed by atoms with van der Waals surface area (Å²) in [4.78, 5) is 2.68. The van der Waals surface area contributed by atoms with Crippen LogP contribution in [0.2, 0.25) is 0 Å². The predicted octanol–water partition coefficient (Wildman–Crippen LogP) is 1.85. The van der Waals surface area contributed by atoms with Crippen molar-refractivity contribution in [3.8, 4) is 0 Å². The zero-order valence-corrected chi connectivity index (χ0v) is 16.2. The molecule has 2 heterocycles. The Morgan fingerprint density at radius 3 is 2.28 bits per heavy atom. The largest absolute Gasteiger partial charge is 0.296 e. The number of piperazine rings is 1. The van der Waals surface area contributed by atoms with Gasteiger partial charge in [-0.05, 0) is 44.0 Å². The first kappa shape index (κ1) is 18.1. The van der Waals surface area contributed by atoms with Gasteiger partial charge in [-0.25, -0.2) is 8.42 Å². The van der Waals surface area contributed by atoms with Crippen LogP contribution in [0.4, 0.5) is 0 Å². The third-order valence-corrected chi connectivity index (χ3v) is 7.07. The Bertz CT molecular complexity index is 865. The van der Waals surface area contributed by atoms with Crippen molar-refractivity contribution in [2.45, 2.75) is 32.2 Å². The van der Waals surface area contributed by atoms with Crippen molar-refractivity contribution in [2.75, 3.05) is 26.2 Å². The number of hydrogen-bond acceptors (Lipinski definition) is 4. The molecule has 1 aliphatic rings. The second-order valence-electron chi connectivity index (χ2n) is 6.81. The van der Waals surface area contributed by atoms with E-state index in [1.165, 1.54) is 5.56 Å². The fraction of sp³-hybridized carbons (Fsp3) is 0.500. The first-order valence-corrected chi connectivity index (χ1v) is 10.0. The number of nitrogens with zero attached hydrogens (tertiary/aromatic N) is 4. The van der Waals surface area contributed by atoms with Crippen molar-refractivity contribution < 1.29 is 8.42 Å². The molecule has 3 rings (SSSR count). The van der Waals surface area contributed by atoms with Crippen LogP contribution in [-0.4, -0.2) is 53.6 Å². The lowest BCUT2D eigenvalue weighted by Gasteiger charge is -2.34. The number of rotatable bonds is 4. The fourth-order valence-electron chi connectivity index (χ4n) is 3.09. The molecule has 0 aliphatic carbocycles. The van der Waals surface area contributed by atoms with Gasteiger partial charge in [0.25, 0.3) is 0 Å². The van der Waals surface area contributed by atoms with Crippen molar-refractivity contribution in [1.82, 2.24) is 19.0 Å². The molecule has 25 heavy (non-hydrogen) atoms. The lowest BCUT2D eigenvalue weighted by Crippen LogP contribution is -2.48. The smallest absolute Gasteiger partial charge is 0.243 e. The number of sulfonamides is 1. The molecular formula is C18H26N4O2S. The predicted molar refractivity (Wildman–Crippen MR) is 97.9 cm³/mol. The third-order valence-electron chi connectivity index (χ3n) is 5.18.